The summed E-state index contributed by atoms with van der Waals surface area (Å²) in [5, 5.41) is 3.14. The third-order valence-corrected chi connectivity index (χ3v) is 1.96. The zero-order valence-corrected chi connectivity index (χ0v) is 6.26. The van der Waals surface area contributed by atoms with Crippen molar-refractivity contribution in [1.29, 1.82) is 0 Å². The SMILES string of the molecule is C[C@@H]1CCC[C@@H](C(N)=O)N1. The van der Waals surface area contributed by atoms with Crippen molar-refractivity contribution in [2.24, 2.45) is 5.73 Å². The topological polar surface area (TPSA) is 55.1 Å². The zero-order chi connectivity index (χ0) is 7.56. The van der Waals surface area contributed by atoms with Gasteiger partial charge in [-0.15, -0.1) is 0 Å². The molecule has 0 unspecified atom stereocenters. The van der Waals surface area contributed by atoms with E-state index in [1.165, 1.54) is 0 Å². The lowest BCUT2D eigenvalue weighted by Crippen LogP contribution is -2.48. The normalized spacial score (nSPS) is 33.7. The maximum absolute atomic E-state index is 10.7. The first-order valence-electron chi connectivity index (χ1n) is 3.75. The van der Waals surface area contributed by atoms with Gasteiger partial charge in [0.2, 0.25) is 5.91 Å². The Morgan fingerprint density at radius 3 is 2.70 bits per heavy atom. The average Bonchev–Trinajstić information content (AvgIpc) is 1.88. The number of carbonyl (C=O) groups excluding carboxylic acids is 1. The Labute approximate surface area is 61.0 Å². The molecule has 0 aromatic carbocycles. The fourth-order valence-electron chi connectivity index (χ4n) is 1.36. The third kappa shape index (κ3) is 1.70. The maximum atomic E-state index is 10.7. The molecule has 2 atom stereocenters. The van der Waals surface area contributed by atoms with Crippen LogP contribution in [-0.4, -0.2) is 18.0 Å². The molecule has 0 aromatic rings. The lowest BCUT2D eigenvalue weighted by Gasteiger charge is -2.26. The molecule has 3 N–H and O–H groups in total. The van der Waals surface area contributed by atoms with Crippen molar-refractivity contribution in [2.45, 2.75) is 38.3 Å². The van der Waals surface area contributed by atoms with Gasteiger partial charge in [0.05, 0.1) is 6.04 Å². The van der Waals surface area contributed by atoms with Crippen molar-refractivity contribution < 1.29 is 4.79 Å². The number of carbonyl (C=O) groups is 1. The van der Waals surface area contributed by atoms with Gasteiger partial charge >= 0.3 is 0 Å². The van der Waals surface area contributed by atoms with E-state index >= 15 is 0 Å². The first kappa shape index (κ1) is 7.54. The highest BCUT2D eigenvalue weighted by Gasteiger charge is 2.21. The van der Waals surface area contributed by atoms with E-state index in [0.717, 1.165) is 19.3 Å². The first-order chi connectivity index (χ1) is 4.70. The van der Waals surface area contributed by atoms with Crippen LogP contribution in [0, 0.1) is 0 Å². The molecule has 1 aliphatic heterocycles. The molecule has 0 spiro atoms. The lowest BCUT2D eigenvalue weighted by molar-refractivity contribution is -0.120. The summed E-state index contributed by atoms with van der Waals surface area (Å²) < 4.78 is 0. The smallest absolute Gasteiger partial charge is 0.234 e. The number of nitrogens with two attached hydrogens (primary N) is 1. The number of hydrogen-bond donors (Lipinski definition) is 2. The van der Waals surface area contributed by atoms with E-state index in [1.807, 2.05) is 0 Å². The van der Waals surface area contributed by atoms with Gasteiger partial charge in [-0.05, 0) is 26.2 Å². The van der Waals surface area contributed by atoms with Gasteiger partial charge in [-0.2, -0.15) is 0 Å². The zero-order valence-electron chi connectivity index (χ0n) is 6.26. The molecule has 0 radical (unpaired) electrons. The Bertz CT molecular complexity index is 136. The molecule has 1 rings (SSSR count). The summed E-state index contributed by atoms with van der Waals surface area (Å²) in [4.78, 5) is 10.7. The van der Waals surface area contributed by atoms with E-state index in [0.29, 0.717) is 6.04 Å². The number of piperidine rings is 1. The summed E-state index contributed by atoms with van der Waals surface area (Å²) in [6.07, 6.45) is 3.17. The fraction of sp³-hybridized carbons (Fsp3) is 0.857. The number of hydrogen-bond acceptors (Lipinski definition) is 2. The van der Waals surface area contributed by atoms with Crippen molar-refractivity contribution in [1.82, 2.24) is 5.32 Å². The van der Waals surface area contributed by atoms with Crippen molar-refractivity contribution in [3.63, 3.8) is 0 Å². The van der Waals surface area contributed by atoms with Crippen LogP contribution in [-0.2, 0) is 4.79 Å². The highest BCUT2D eigenvalue weighted by molar-refractivity contribution is 5.79. The van der Waals surface area contributed by atoms with E-state index in [-0.39, 0.29) is 11.9 Å². The third-order valence-electron chi connectivity index (χ3n) is 1.96. The minimum Gasteiger partial charge on any atom is -0.368 e. The van der Waals surface area contributed by atoms with Crippen LogP contribution in [0.4, 0.5) is 0 Å². The van der Waals surface area contributed by atoms with Crippen molar-refractivity contribution in [3.05, 3.63) is 0 Å². The van der Waals surface area contributed by atoms with Crippen LogP contribution < -0.4 is 11.1 Å². The standard InChI is InChI=1S/C7H14N2O/c1-5-3-2-4-6(9-5)7(8)10/h5-6,9H,2-4H2,1H3,(H2,8,10)/t5-,6+/m1/s1. The number of nitrogens with one attached hydrogen (secondary N) is 1. The predicted octanol–water partition coefficient (Wildman–Crippen LogP) is 0.00230. The Morgan fingerprint density at radius 2 is 2.30 bits per heavy atom. The minimum absolute atomic E-state index is 0.0799. The van der Waals surface area contributed by atoms with Gasteiger partial charge in [0, 0.05) is 6.04 Å². The summed E-state index contributed by atoms with van der Waals surface area (Å²) in [6, 6.07) is 0.370. The molecular formula is C7H14N2O. The fourth-order valence-corrected chi connectivity index (χ4v) is 1.36. The van der Waals surface area contributed by atoms with Gasteiger partial charge in [0.25, 0.3) is 0 Å². The molecule has 0 aromatic heterocycles. The second-order valence-corrected chi connectivity index (χ2v) is 2.95. The van der Waals surface area contributed by atoms with Gasteiger partial charge in [0.15, 0.2) is 0 Å². The van der Waals surface area contributed by atoms with E-state index in [9.17, 15) is 4.79 Å². The highest BCUT2D eigenvalue weighted by Crippen LogP contribution is 2.11. The van der Waals surface area contributed by atoms with Crippen molar-refractivity contribution in [3.8, 4) is 0 Å². The minimum atomic E-state index is -0.216. The molecule has 3 heteroatoms. The molecule has 1 saturated heterocycles. The van der Waals surface area contributed by atoms with Crippen LogP contribution in [0.15, 0.2) is 0 Å². The number of primary amides is 1. The first-order valence-corrected chi connectivity index (χ1v) is 3.75. The number of amides is 1. The van der Waals surface area contributed by atoms with Crippen LogP contribution in [0.3, 0.4) is 0 Å². The quantitative estimate of drug-likeness (QED) is 0.541. The van der Waals surface area contributed by atoms with E-state index in [4.69, 9.17) is 5.73 Å². The van der Waals surface area contributed by atoms with Gasteiger partial charge in [-0.1, -0.05) is 0 Å². The highest BCUT2D eigenvalue weighted by atomic mass is 16.1. The Balaban J connectivity index is 2.39. The predicted molar refractivity (Wildman–Crippen MR) is 39.4 cm³/mol. The second kappa shape index (κ2) is 3.01. The van der Waals surface area contributed by atoms with E-state index in [1.54, 1.807) is 0 Å². The van der Waals surface area contributed by atoms with Crippen LogP contribution >= 0.6 is 0 Å². The molecule has 3 nitrogen and oxygen atoms in total. The van der Waals surface area contributed by atoms with Crippen LogP contribution in [0.25, 0.3) is 0 Å². The molecule has 0 aliphatic carbocycles. The molecule has 58 valence electrons. The molecule has 1 heterocycles. The molecule has 0 bridgehead atoms. The largest absolute Gasteiger partial charge is 0.368 e. The van der Waals surface area contributed by atoms with E-state index in [2.05, 4.69) is 12.2 Å². The molecule has 1 amide bonds. The monoisotopic (exact) mass is 142 g/mol. The molecule has 10 heavy (non-hydrogen) atoms. The summed E-state index contributed by atoms with van der Waals surface area (Å²) in [6.45, 7) is 2.08. The summed E-state index contributed by atoms with van der Waals surface area (Å²) in [5.41, 5.74) is 5.13. The summed E-state index contributed by atoms with van der Waals surface area (Å²) >= 11 is 0. The summed E-state index contributed by atoms with van der Waals surface area (Å²) in [7, 11) is 0. The van der Waals surface area contributed by atoms with Crippen molar-refractivity contribution in [2.75, 3.05) is 0 Å². The Morgan fingerprint density at radius 1 is 1.60 bits per heavy atom. The van der Waals surface area contributed by atoms with Gasteiger partial charge in [-0.3, -0.25) is 4.79 Å². The van der Waals surface area contributed by atoms with Crippen LogP contribution in [0.5, 0.6) is 0 Å². The Kier molecular flexibility index (Phi) is 2.27. The maximum Gasteiger partial charge on any atom is 0.234 e. The van der Waals surface area contributed by atoms with Gasteiger partial charge < -0.3 is 11.1 Å². The summed E-state index contributed by atoms with van der Waals surface area (Å²) in [5.74, 6) is -0.216. The van der Waals surface area contributed by atoms with Crippen LogP contribution in [0.2, 0.25) is 0 Å². The molecular weight excluding hydrogens is 128 g/mol. The second-order valence-electron chi connectivity index (χ2n) is 2.95. The molecule has 1 aliphatic rings. The van der Waals surface area contributed by atoms with E-state index < -0.39 is 0 Å². The molecule has 0 saturated carbocycles. The number of rotatable bonds is 1. The lowest BCUT2D eigenvalue weighted by atomic mass is 9.99. The average molecular weight is 142 g/mol. The van der Waals surface area contributed by atoms with Crippen LogP contribution in [0.1, 0.15) is 26.2 Å². The Hall–Kier alpha value is -0.570. The van der Waals surface area contributed by atoms with Gasteiger partial charge in [0.1, 0.15) is 0 Å². The van der Waals surface area contributed by atoms with Gasteiger partial charge in [-0.25, -0.2) is 0 Å². The van der Waals surface area contributed by atoms with Crippen molar-refractivity contribution >= 4 is 5.91 Å². The molecule has 1 fully saturated rings.